The summed E-state index contributed by atoms with van der Waals surface area (Å²) < 4.78 is 5.53. The molecule has 0 saturated carbocycles. The highest BCUT2D eigenvalue weighted by atomic mass is 35.5. The zero-order valence-electron chi connectivity index (χ0n) is 8.64. The summed E-state index contributed by atoms with van der Waals surface area (Å²) in [6.45, 7) is 0. The van der Waals surface area contributed by atoms with Crippen LogP contribution < -0.4 is 10.1 Å². The third kappa shape index (κ3) is 2.41. The first-order valence-electron chi connectivity index (χ1n) is 4.72. The van der Waals surface area contributed by atoms with E-state index in [4.69, 9.17) is 16.3 Å². The van der Waals surface area contributed by atoms with Crippen molar-refractivity contribution >= 4 is 17.4 Å². The first-order valence-corrected chi connectivity index (χ1v) is 5.09. The van der Waals surface area contributed by atoms with Crippen molar-refractivity contribution in [1.29, 1.82) is 0 Å². The molecular weight excluding hydrogens is 226 g/mol. The molecule has 1 aromatic heterocycles. The minimum atomic E-state index is 0.451. The number of para-hydroxylation sites is 1. The van der Waals surface area contributed by atoms with Crippen molar-refractivity contribution in [1.82, 2.24) is 9.97 Å². The quantitative estimate of drug-likeness (QED) is 0.889. The van der Waals surface area contributed by atoms with Gasteiger partial charge in [0, 0.05) is 13.1 Å². The average molecular weight is 236 g/mol. The fraction of sp³-hybridized carbons (Fsp3) is 0.0909. The van der Waals surface area contributed by atoms with Crippen molar-refractivity contribution in [3.63, 3.8) is 0 Å². The molecule has 0 aliphatic rings. The van der Waals surface area contributed by atoms with Gasteiger partial charge in [-0.3, -0.25) is 0 Å². The Bertz CT molecular complexity index is 490. The number of nitrogens with zero attached hydrogens (tertiary/aromatic N) is 2. The first-order chi connectivity index (χ1) is 7.79. The second kappa shape index (κ2) is 4.81. The van der Waals surface area contributed by atoms with Crippen molar-refractivity contribution in [2.45, 2.75) is 0 Å². The van der Waals surface area contributed by atoms with Crippen LogP contribution in [0.3, 0.4) is 0 Å². The Morgan fingerprint density at radius 2 is 2.06 bits per heavy atom. The van der Waals surface area contributed by atoms with Crippen LogP contribution in [0.2, 0.25) is 5.02 Å². The van der Waals surface area contributed by atoms with Gasteiger partial charge in [-0.1, -0.05) is 23.7 Å². The summed E-state index contributed by atoms with van der Waals surface area (Å²) in [6.07, 6.45) is 1.43. The van der Waals surface area contributed by atoms with Gasteiger partial charge in [0.25, 0.3) is 0 Å². The van der Waals surface area contributed by atoms with E-state index in [0.29, 0.717) is 22.5 Å². The molecular formula is C11H10ClN3O. The fourth-order valence-corrected chi connectivity index (χ4v) is 1.35. The van der Waals surface area contributed by atoms with Crippen LogP contribution in [0, 0.1) is 0 Å². The molecule has 1 N–H and O–H groups in total. The standard InChI is InChI=1S/C11H10ClN3O/c1-13-10-6-11(15-7-14-10)16-9-5-3-2-4-8(9)12/h2-7H,1H3,(H,13,14,15). The predicted octanol–water partition coefficient (Wildman–Crippen LogP) is 2.96. The lowest BCUT2D eigenvalue weighted by Gasteiger charge is -2.06. The van der Waals surface area contributed by atoms with Crippen LogP contribution in [0.5, 0.6) is 11.6 Å². The average Bonchev–Trinajstić information content (AvgIpc) is 2.32. The highest BCUT2D eigenvalue weighted by Crippen LogP contribution is 2.27. The molecule has 0 spiro atoms. The molecule has 0 bridgehead atoms. The van der Waals surface area contributed by atoms with Gasteiger partial charge in [-0.05, 0) is 12.1 Å². The number of hydrogen-bond donors (Lipinski definition) is 1. The van der Waals surface area contributed by atoms with Crippen LogP contribution in [-0.2, 0) is 0 Å². The summed E-state index contributed by atoms with van der Waals surface area (Å²) in [5, 5.41) is 3.45. The maximum atomic E-state index is 5.96. The molecule has 5 heteroatoms. The van der Waals surface area contributed by atoms with Gasteiger partial charge in [0.1, 0.15) is 17.9 Å². The van der Waals surface area contributed by atoms with Crippen molar-refractivity contribution in [3.8, 4) is 11.6 Å². The van der Waals surface area contributed by atoms with E-state index in [0.717, 1.165) is 0 Å². The Labute approximate surface area is 98.3 Å². The van der Waals surface area contributed by atoms with Gasteiger partial charge in [-0.2, -0.15) is 0 Å². The molecule has 0 unspecified atom stereocenters. The second-order valence-electron chi connectivity index (χ2n) is 3.02. The van der Waals surface area contributed by atoms with Crippen LogP contribution in [0.25, 0.3) is 0 Å². The van der Waals surface area contributed by atoms with E-state index in [9.17, 15) is 0 Å². The Balaban J connectivity index is 2.24. The van der Waals surface area contributed by atoms with Crippen LogP contribution in [0.1, 0.15) is 0 Å². The van der Waals surface area contributed by atoms with Crippen LogP contribution >= 0.6 is 11.6 Å². The predicted molar refractivity (Wildman–Crippen MR) is 63.1 cm³/mol. The van der Waals surface area contributed by atoms with Crippen molar-refractivity contribution < 1.29 is 4.74 Å². The highest BCUT2D eigenvalue weighted by Gasteiger charge is 2.03. The van der Waals surface area contributed by atoms with Crippen LogP contribution in [0.4, 0.5) is 5.82 Å². The lowest BCUT2D eigenvalue weighted by atomic mass is 10.3. The number of halogens is 1. The van der Waals surface area contributed by atoms with Crippen LogP contribution in [0.15, 0.2) is 36.7 Å². The van der Waals surface area contributed by atoms with Gasteiger partial charge in [-0.15, -0.1) is 0 Å². The Hall–Kier alpha value is -1.81. The monoisotopic (exact) mass is 235 g/mol. The molecule has 1 aromatic carbocycles. The normalized spacial score (nSPS) is 9.88. The van der Waals surface area contributed by atoms with E-state index >= 15 is 0 Å². The minimum absolute atomic E-state index is 0.451. The van der Waals surface area contributed by atoms with Gasteiger partial charge < -0.3 is 10.1 Å². The van der Waals surface area contributed by atoms with Crippen molar-refractivity contribution in [2.75, 3.05) is 12.4 Å². The van der Waals surface area contributed by atoms with Gasteiger partial charge >= 0.3 is 0 Å². The fourth-order valence-electron chi connectivity index (χ4n) is 1.17. The molecule has 0 aliphatic carbocycles. The number of anilines is 1. The van der Waals surface area contributed by atoms with E-state index in [1.54, 1.807) is 25.2 Å². The van der Waals surface area contributed by atoms with Crippen LogP contribution in [-0.4, -0.2) is 17.0 Å². The van der Waals surface area contributed by atoms with E-state index < -0.39 is 0 Å². The highest BCUT2D eigenvalue weighted by molar-refractivity contribution is 6.32. The minimum Gasteiger partial charge on any atom is -0.437 e. The molecule has 0 amide bonds. The molecule has 0 radical (unpaired) electrons. The van der Waals surface area contributed by atoms with Gasteiger partial charge in [0.05, 0.1) is 5.02 Å². The number of aromatic nitrogens is 2. The van der Waals surface area contributed by atoms with E-state index in [2.05, 4.69) is 15.3 Å². The Morgan fingerprint density at radius 1 is 1.25 bits per heavy atom. The van der Waals surface area contributed by atoms with Gasteiger partial charge in [-0.25, -0.2) is 9.97 Å². The van der Waals surface area contributed by atoms with E-state index in [-0.39, 0.29) is 0 Å². The summed E-state index contributed by atoms with van der Waals surface area (Å²) in [6, 6.07) is 8.93. The van der Waals surface area contributed by atoms with Gasteiger partial charge in [0.2, 0.25) is 5.88 Å². The summed E-state index contributed by atoms with van der Waals surface area (Å²) in [5.41, 5.74) is 0. The molecule has 0 atom stereocenters. The van der Waals surface area contributed by atoms with Crippen molar-refractivity contribution in [2.24, 2.45) is 0 Å². The zero-order valence-corrected chi connectivity index (χ0v) is 9.40. The lowest BCUT2D eigenvalue weighted by Crippen LogP contribution is -1.95. The molecule has 0 aliphatic heterocycles. The van der Waals surface area contributed by atoms with E-state index in [1.807, 2.05) is 12.1 Å². The number of nitrogens with one attached hydrogen (secondary N) is 1. The molecule has 4 nitrogen and oxygen atoms in total. The molecule has 0 saturated heterocycles. The summed E-state index contributed by atoms with van der Waals surface area (Å²) in [4.78, 5) is 7.98. The Kier molecular flexibility index (Phi) is 3.22. The third-order valence-electron chi connectivity index (χ3n) is 1.95. The molecule has 2 aromatic rings. The molecule has 16 heavy (non-hydrogen) atoms. The largest absolute Gasteiger partial charge is 0.437 e. The summed E-state index contributed by atoms with van der Waals surface area (Å²) in [7, 11) is 1.78. The SMILES string of the molecule is CNc1cc(Oc2ccccc2Cl)ncn1. The summed E-state index contributed by atoms with van der Waals surface area (Å²) >= 11 is 5.96. The Morgan fingerprint density at radius 3 is 2.81 bits per heavy atom. The smallest absolute Gasteiger partial charge is 0.224 e. The summed E-state index contributed by atoms with van der Waals surface area (Å²) in [5.74, 6) is 1.72. The van der Waals surface area contributed by atoms with Gasteiger partial charge in [0.15, 0.2) is 0 Å². The second-order valence-corrected chi connectivity index (χ2v) is 3.43. The lowest BCUT2D eigenvalue weighted by molar-refractivity contribution is 0.462. The zero-order chi connectivity index (χ0) is 11.4. The molecule has 1 heterocycles. The molecule has 2 rings (SSSR count). The number of ether oxygens (including phenoxy) is 1. The molecule has 0 fully saturated rings. The maximum absolute atomic E-state index is 5.96. The third-order valence-corrected chi connectivity index (χ3v) is 2.26. The number of rotatable bonds is 3. The first kappa shape index (κ1) is 10.7. The molecule has 82 valence electrons. The topological polar surface area (TPSA) is 47.0 Å². The number of hydrogen-bond acceptors (Lipinski definition) is 4. The van der Waals surface area contributed by atoms with E-state index in [1.165, 1.54) is 6.33 Å². The maximum Gasteiger partial charge on any atom is 0.224 e. The van der Waals surface area contributed by atoms with Crippen molar-refractivity contribution in [3.05, 3.63) is 41.7 Å². The number of benzene rings is 1.